The van der Waals surface area contributed by atoms with Gasteiger partial charge in [0.1, 0.15) is 9.77 Å². The molecule has 1 heterocycles. The van der Waals surface area contributed by atoms with Gasteiger partial charge in [-0.05, 0) is 12.7 Å². The second kappa shape index (κ2) is 5.94. The van der Waals surface area contributed by atoms with Crippen LogP contribution in [0.1, 0.15) is 23.0 Å². The van der Waals surface area contributed by atoms with E-state index in [0.29, 0.717) is 10.8 Å². The zero-order valence-corrected chi connectivity index (χ0v) is 12.9. The molecule has 0 aliphatic carbocycles. The van der Waals surface area contributed by atoms with E-state index in [1.54, 1.807) is 6.26 Å². The van der Waals surface area contributed by atoms with Crippen molar-refractivity contribution in [3.63, 3.8) is 0 Å². The monoisotopic (exact) mass is 308 g/mol. The number of nitrogens with one attached hydrogen (secondary N) is 1. The van der Waals surface area contributed by atoms with Crippen LogP contribution in [0.3, 0.4) is 0 Å². The Morgan fingerprint density at radius 1 is 1.50 bits per heavy atom. The van der Waals surface area contributed by atoms with Crippen LogP contribution in [0, 0.1) is 0 Å². The summed E-state index contributed by atoms with van der Waals surface area (Å²) in [6.45, 7) is 2.48. The number of rotatable bonds is 5. The largest absolute Gasteiger partial charge is 0.396 e. The fourth-order valence-corrected chi connectivity index (χ4v) is 5.18. The molecule has 1 aromatic heterocycles. The van der Waals surface area contributed by atoms with Crippen LogP contribution in [0.2, 0.25) is 0 Å². The molecule has 0 aromatic carbocycles. The Hall–Kier alpha value is -0.730. The van der Waals surface area contributed by atoms with E-state index >= 15 is 0 Å². The highest BCUT2D eigenvalue weighted by atomic mass is 32.2. The molecule has 0 saturated carbocycles. The highest BCUT2D eigenvalue weighted by Crippen LogP contribution is 2.40. The molecule has 0 atom stereocenters. The van der Waals surface area contributed by atoms with Gasteiger partial charge >= 0.3 is 0 Å². The Kier molecular flexibility index (Phi) is 5.06. The molecule has 0 fully saturated rings. The van der Waals surface area contributed by atoms with E-state index in [1.807, 2.05) is 6.92 Å². The van der Waals surface area contributed by atoms with Gasteiger partial charge in [0.15, 0.2) is 9.84 Å². The first-order valence-corrected chi connectivity index (χ1v) is 9.20. The maximum absolute atomic E-state index is 11.8. The van der Waals surface area contributed by atoms with Gasteiger partial charge in [0.2, 0.25) is 0 Å². The zero-order chi connectivity index (χ0) is 13.9. The number of sulfone groups is 1. The standard InChI is InChI=1S/C10H16N2O3S3/c1-4-5-12-9(13)7-6(11)8(18(3,14)15)10(16-2)17-7/h4-5,11H2,1-3H3,(H,12,13). The molecular weight excluding hydrogens is 292 g/mol. The Morgan fingerprint density at radius 2 is 2.11 bits per heavy atom. The molecule has 0 saturated heterocycles. The highest BCUT2D eigenvalue weighted by Gasteiger charge is 2.26. The van der Waals surface area contributed by atoms with Gasteiger partial charge in [-0.3, -0.25) is 4.79 Å². The summed E-state index contributed by atoms with van der Waals surface area (Å²) < 4.78 is 23.9. The first kappa shape index (κ1) is 15.3. The van der Waals surface area contributed by atoms with Gasteiger partial charge in [0.05, 0.1) is 9.90 Å². The molecule has 0 unspecified atom stereocenters. The van der Waals surface area contributed by atoms with E-state index in [9.17, 15) is 13.2 Å². The van der Waals surface area contributed by atoms with E-state index in [-0.39, 0.29) is 21.4 Å². The number of nitrogens with two attached hydrogens (primary N) is 1. The average molecular weight is 308 g/mol. The summed E-state index contributed by atoms with van der Waals surface area (Å²) in [7, 11) is -3.42. The summed E-state index contributed by atoms with van der Waals surface area (Å²) in [5.74, 6) is -0.315. The molecule has 0 bridgehead atoms. The second-order valence-electron chi connectivity index (χ2n) is 3.69. The Bertz CT molecular complexity index is 549. The van der Waals surface area contributed by atoms with Gasteiger partial charge < -0.3 is 11.1 Å². The molecule has 3 N–H and O–H groups in total. The van der Waals surface area contributed by atoms with Gasteiger partial charge in [0.25, 0.3) is 5.91 Å². The number of hydrogen-bond acceptors (Lipinski definition) is 6. The third kappa shape index (κ3) is 3.18. The van der Waals surface area contributed by atoms with Crippen LogP contribution in [0.5, 0.6) is 0 Å². The van der Waals surface area contributed by atoms with E-state index in [0.717, 1.165) is 24.0 Å². The van der Waals surface area contributed by atoms with Crippen molar-refractivity contribution in [3.05, 3.63) is 4.88 Å². The topological polar surface area (TPSA) is 89.3 Å². The quantitative estimate of drug-likeness (QED) is 0.806. The smallest absolute Gasteiger partial charge is 0.263 e. The first-order valence-electron chi connectivity index (χ1n) is 5.27. The maximum atomic E-state index is 11.8. The molecule has 102 valence electrons. The van der Waals surface area contributed by atoms with Gasteiger partial charge in [0, 0.05) is 12.8 Å². The maximum Gasteiger partial charge on any atom is 0.263 e. The fraction of sp³-hybridized carbons (Fsp3) is 0.500. The fourth-order valence-electron chi connectivity index (χ4n) is 1.38. The SMILES string of the molecule is CCCNC(=O)c1sc(SC)c(S(C)(=O)=O)c1N. The first-order chi connectivity index (χ1) is 8.32. The molecule has 0 aliphatic rings. The number of thiophene rings is 1. The molecule has 0 spiro atoms. The van der Waals surface area contributed by atoms with Crippen molar-refractivity contribution in [2.24, 2.45) is 0 Å². The van der Waals surface area contributed by atoms with Crippen LogP contribution in [-0.2, 0) is 9.84 Å². The zero-order valence-electron chi connectivity index (χ0n) is 10.4. The summed E-state index contributed by atoms with van der Waals surface area (Å²) >= 11 is 2.40. The number of amides is 1. The van der Waals surface area contributed by atoms with E-state index in [4.69, 9.17) is 5.73 Å². The molecular formula is C10H16N2O3S3. The average Bonchev–Trinajstić information content (AvgIpc) is 2.62. The van der Waals surface area contributed by atoms with Crippen LogP contribution in [0.4, 0.5) is 5.69 Å². The molecule has 8 heteroatoms. The highest BCUT2D eigenvalue weighted by molar-refractivity contribution is 8.01. The van der Waals surface area contributed by atoms with Crippen LogP contribution in [-0.4, -0.2) is 33.4 Å². The lowest BCUT2D eigenvalue weighted by molar-refractivity contribution is 0.0958. The van der Waals surface area contributed by atoms with Crippen LogP contribution < -0.4 is 11.1 Å². The second-order valence-corrected chi connectivity index (χ2v) is 7.74. The number of carbonyl (C=O) groups is 1. The number of carbonyl (C=O) groups excluding carboxylic acids is 1. The number of nitrogen functional groups attached to an aromatic ring is 1. The predicted octanol–water partition coefficient (Wildman–Crippen LogP) is 1.60. The molecule has 5 nitrogen and oxygen atoms in total. The van der Waals surface area contributed by atoms with Crippen LogP contribution in [0.25, 0.3) is 0 Å². The number of thioether (sulfide) groups is 1. The van der Waals surface area contributed by atoms with E-state index in [2.05, 4.69) is 5.32 Å². The van der Waals surface area contributed by atoms with Gasteiger partial charge in [-0.1, -0.05) is 6.92 Å². The van der Waals surface area contributed by atoms with Crippen molar-refractivity contribution in [1.29, 1.82) is 0 Å². The van der Waals surface area contributed by atoms with Crippen molar-refractivity contribution in [1.82, 2.24) is 5.32 Å². The van der Waals surface area contributed by atoms with Crippen LogP contribution in [0.15, 0.2) is 9.10 Å². The van der Waals surface area contributed by atoms with Crippen molar-refractivity contribution in [2.45, 2.75) is 22.4 Å². The molecule has 1 amide bonds. The lowest BCUT2D eigenvalue weighted by Crippen LogP contribution is -2.24. The normalized spacial score (nSPS) is 11.5. The summed E-state index contributed by atoms with van der Waals surface area (Å²) in [6.07, 6.45) is 3.66. The van der Waals surface area contributed by atoms with E-state index in [1.165, 1.54) is 11.8 Å². The Balaban J connectivity index is 3.25. The van der Waals surface area contributed by atoms with Crippen molar-refractivity contribution >= 4 is 44.5 Å². The molecule has 0 radical (unpaired) electrons. The molecule has 1 aromatic rings. The summed E-state index contributed by atoms with van der Waals surface area (Å²) in [4.78, 5) is 12.2. The third-order valence-corrected chi connectivity index (χ3v) is 5.92. The minimum absolute atomic E-state index is 0.0560. The minimum atomic E-state index is -3.42. The van der Waals surface area contributed by atoms with Crippen LogP contribution >= 0.6 is 23.1 Å². The van der Waals surface area contributed by atoms with Gasteiger partial charge in [-0.15, -0.1) is 23.1 Å². The minimum Gasteiger partial charge on any atom is -0.396 e. The lowest BCUT2D eigenvalue weighted by atomic mass is 10.3. The predicted molar refractivity (Wildman–Crippen MR) is 76.2 cm³/mol. The van der Waals surface area contributed by atoms with Gasteiger partial charge in [-0.2, -0.15) is 0 Å². The number of anilines is 1. The van der Waals surface area contributed by atoms with Gasteiger partial charge in [-0.25, -0.2) is 8.42 Å². The third-order valence-electron chi connectivity index (χ3n) is 2.17. The Labute approximate surface area is 115 Å². The summed E-state index contributed by atoms with van der Waals surface area (Å²) in [6, 6.07) is 0. The lowest BCUT2D eigenvalue weighted by Gasteiger charge is -2.02. The van der Waals surface area contributed by atoms with Crippen molar-refractivity contribution < 1.29 is 13.2 Å². The van der Waals surface area contributed by atoms with Crippen molar-refractivity contribution in [3.8, 4) is 0 Å². The molecule has 0 aliphatic heterocycles. The summed E-state index contributed by atoms with van der Waals surface area (Å²) in [5.41, 5.74) is 5.85. The number of hydrogen-bond donors (Lipinski definition) is 2. The molecule has 1 rings (SSSR count). The van der Waals surface area contributed by atoms with Crippen molar-refractivity contribution in [2.75, 3.05) is 24.8 Å². The Morgan fingerprint density at radius 3 is 2.50 bits per heavy atom. The molecule has 18 heavy (non-hydrogen) atoms. The van der Waals surface area contributed by atoms with E-state index < -0.39 is 9.84 Å². The summed E-state index contributed by atoms with van der Waals surface area (Å²) in [5, 5.41) is 2.69.